The average molecular weight is 398 g/mol. The van der Waals surface area contributed by atoms with Crippen LogP contribution in [0.3, 0.4) is 0 Å². The molecule has 0 unspecified atom stereocenters. The number of hydrogen-bond donors (Lipinski definition) is 0. The summed E-state index contributed by atoms with van der Waals surface area (Å²) in [7, 11) is 1.66. The van der Waals surface area contributed by atoms with E-state index in [9.17, 15) is 0 Å². The number of ether oxygens (including phenoxy) is 2. The van der Waals surface area contributed by atoms with Crippen molar-refractivity contribution in [2.45, 2.75) is 45.4 Å². The molecule has 0 atom stereocenters. The van der Waals surface area contributed by atoms with Gasteiger partial charge in [0.1, 0.15) is 11.5 Å². The van der Waals surface area contributed by atoms with Crippen molar-refractivity contribution in [3.63, 3.8) is 0 Å². The Balaban J connectivity index is 1.48. The number of unbranched alkanes of at least 4 members (excludes halogenated alkanes) is 5. The van der Waals surface area contributed by atoms with Gasteiger partial charge in [0, 0.05) is 0 Å². The molecule has 28 heavy (non-hydrogen) atoms. The molecular weight excluding hydrogens is 370 g/mol. The van der Waals surface area contributed by atoms with E-state index in [0.29, 0.717) is 5.13 Å². The minimum Gasteiger partial charge on any atom is -0.497 e. The van der Waals surface area contributed by atoms with Crippen LogP contribution in [0.2, 0.25) is 0 Å². The minimum atomic E-state index is 0.631. The SMILES string of the molecule is CCCCCCCCOc1ccc(N=Nc2nc3ccc(OC)cc3s2)cc1. The Morgan fingerprint density at radius 1 is 0.893 bits per heavy atom. The van der Waals surface area contributed by atoms with Crippen LogP contribution < -0.4 is 9.47 Å². The maximum Gasteiger partial charge on any atom is 0.231 e. The Morgan fingerprint density at radius 3 is 2.43 bits per heavy atom. The van der Waals surface area contributed by atoms with E-state index >= 15 is 0 Å². The average Bonchev–Trinajstić information content (AvgIpc) is 3.14. The molecule has 3 rings (SSSR count). The molecule has 2 aromatic carbocycles. The van der Waals surface area contributed by atoms with Gasteiger partial charge in [-0.3, -0.25) is 0 Å². The van der Waals surface area contributed by atoms with E-state index in [4.69, 9.17) is 9.47 Å². The number of fused-ring (bicyclic) bond motifs is 1. The molecule has 1 heterocycles. The summed E-state index contributed by atoms with van der Waals surface area (Å²) in [5.74, 6) is 1.69. The van der Waals surface area contributed by atoms with Crippen molar-refractivity contribution >= 4 is 32.4 Å². The predicted octanol–water partition coefficient (Wildman–Crippen LogP) is 7.46. The Kier molecular flexibility index (Phi) is 7.79. The van der Waals surface area contributed by atoms with Crippen LogP contribution in [0.25, 0.3) is 10.2 Å². The number of benzene rings is 2. The number of rotatable bonds is 11. The molecule has 6 heteroatoms. The lowest BCUT2D eigenvalue weighted by atomic mass is 10.1. The number of aromatic nitrogens is 1. The normalized spacial score (nSPS) is 11.4. The molecule has 3 aromatic rings. The number of hydrogen-bond acceptors (Lipinski definition) is 6. The second kappa shape index (κ2) is 10.8. The van der Waals surface area contributed by atoms with Gasteiger partial charge in [-0.1, -0.05) is 50.4 Å². The summed E-state index contributed by atoms with van der Waals surface area (Å²) in [4.78, 5) is 4.48. The first-order valence-corrected chi connectivity index (χ1v) is 10.7. The van der Waals surface area contributed by atoms with Crippen LogP contribution in [0.1, 0.15) is 45.4 Å². The summed E-state index contributed by atoms with van der Waals surface area (Å²) < 4.78 is 12.1. The second-order valence-corrected chi connectivity index (χ2v) is 7.65. The molecule has 0 amide bonds. The molecule has 0 saturated heterocycles. The zero-order valence-electron chi connectivity index (χ0n) is 16.6. The maximum absolute atomic E-state index is 5.80. The van der Waals surface area contributed by atoms with Crippen molar-refractivity contribution in [2.24, 2.45) is 10.2 Å². The van der Waals surface area contributed by atoms with Crippen molar-refractivity contribution in [1.29, 1.82) is 0 Å². The van der Waals surface area contributed by atoms with Crippen LogP contribution in [0.4, 0.5) is 10.8 Å². The van der Waals surface area contributed by atoms with Crippen LogP contribution in [0.5, 0.6) is 11.5 Å². The molecule has 0 aliphatic heterocycles. The molecule has 0 fully saturated rings. The van der Waals surface area contributed by atoms with Gasteiger partial charge in [0.25, 0.3) is 0 Å². The van der Waals surface area contributed by atoms with Crippen molar-refractivity contribution < 1.29 is 9.47 Å². The minimum absolute atomic E-state index is 0.631. The topological polar surface area (TPSA) is 56.1 Å². The van der Waals surface area contributed by atoms with Gasteiger partial charge in [0.15, 0.2) is 0 Å². The predicted molar refractivity (Wildman–Crippen MR) is 116 cm³/mol. The van der Waals surface area contributed by atoms with Gasteiger partial charge in [-0.25, -0.2) is 4.98 Å². The fourth-order valence-electron chi connectivity index (χ4n) is 2.84. The molecule has 5 nitrogen and oxygen atoms in total. The Bertz CT molecular complexity index is 890. The molecule has 0 radical (unpaired) electrons. The highest BCUT2D eigenvalue weighted by molar-refractivity contribution is 7.21. The largest absolute Gasteiger partial charge is 0.497 e. The smallest absolute Gasteiger partial charge is 0.231 e. The molecule has 0 spiro atoms. The number of nitrogens with zero attached hydrogens (tertiary/aromatic N) is 3. The third kappa shape index (κ3) is 6.02. The van der Waals surface area contributed by atoms with Gasteiger partial charge in [0.05, 0.1) is 29.6 Å². The number of methoxy groups -OCH3 is 1. The van der Waals surface area contributed by atoms with Gasteiger partial charge >= 0.3 is 0 Å². The third-order valence-corrected chi connectivity index (χ3v) is 5.34. The van der Waals surface area contributed by atoms with Gasteiger partial charge in [0.2, 0.25) is 5.13 Å². The van der Waals surface area contributed by atoms with E-state index in [1.54, 1.807) is 7.11 Å². The maximum atomic E-state index is 5.80. The van der Waals surface area contributed by atoms with Gasteiger partial charge in [-0.05, 0) is 48.9 Å². The zero-order valence-corrected chi connectivity index (χ0v) is 17.4. The van der Waals surface area contributed by atoms with E-state index in [0.717, 1.165) is 40.4 Å². The third-order valence-electron chi connectivity index (χ3n) is 4.44. The summed E-state index contributed by atoms with van der Waals surface area (Å²) in [5.41, 5.74) is 1.68. The first-order valence-electron chi connectivity index (χ1n) is 9.87. The summed E-state index contributed by atoms with van der Waals surface area (Å²) in [5, 5.41) is 9.17. The highest BCUT2D eigenvalue weighted by atomic mass is 32.1. The van der Waals surface area contributed by atoms with Crippen molar-refractivity contribution in [1.82, 2.24) is 4.98 Å². The highest BCUT2D eigenvalue weighted by Gasteiger charge is 2.04. The molecular formula is C22H27N3O2S. The number of thiazole rings is 1. The molecule has 0 aliphatic carbocycles. The highest BCUT2D eigenvalue weighted by Crippen LogP contribution is 2.32. The first-order chi connectivity index (χ1) is 13.8. The van der Waals surface area contributed by atoms with Crippen molar-refractivity contribution in [3.8, 4) is 11.5 Å². The standard InChI is InChI=1S/C22H27N3O2S/c1-3-4-5-6-7-8-15-27-18-11-9-17(10-12-18)24-25-22-23-20-14-13-19(26-2)16-21(20)28-22/h9-14,16H,3-8,15H2,1-2H3. The fraction of sp³-hybridized carbons (Fsp3) is 0.409. The van der Waals surface area contributed by atoms with Crippen LogP contribution in [0, 0.1) is 0 Å². The van der Waals surface area contributed by atoms with Crippen LogP contribution in [0.15, 0.2) is 52.7 Å². The van der Waals surface area contributed by atoms with Gasteiger partial charge in [-0.15, -0.1) is 10.2 Å². The molecule has 0 aliphatic rings. The quantitative estimate of drug-likeness (QED) is 0.249. The molecule has 0 bridgehead atoms. The molecule has 0 N–H and O–H groups in total. The van der Waals surface area contributed by atoms with Crippen LogP contribution in [-0.4, -0.2) is 18.7 Å². The first kappa shape index (κ1) is 20.3. The van der Waals surface area contributed by atoms with E-state index in [1.165, 1.54) is 43.4 Å². The second-order valence-electron chi connectivity index (χ2n) is 6.64. The molecule has 0 saturated carbocycles. The fourth-order valence-corrected chi connectivity index (χ4v) is 3.66. The van der Waals surface area contributed by atoms with E-state index < -0.39 is 0 Å². The molecule has 1 aromatic heterocycles. The van der Waals surface area contributed by atoms with Crippen molar-refractivity contribution in [2.75, 3.05) is 13.7 Å². The summed E-state index contributed by atoms with van der Waals surface area (Å²) in [6.45, 7) is 3.00. The van der Waals surface area contributed by atoms with Gasteiger partial charge < -0.3 is 9.47 Å². The Labute approximate surface area is 170 Å². The molecule has 148 valence electrons. The summed E-state index contributed by atoms with van der Waals surface area (Å²) >= 11 is 1.49. The Morgan fingerprint density at radius 2 is 1.64 bits per heavy atom. The van der Waals surface area contributed by atoms with Crippen LogP contribution in [-0.2, 0) is 0 Å². The van der Waals surface area contributed by atoms with E-state index in [2.05, 4.69) is 22.1 Å². The summed E-state index contributed by atoms with van der Waals surface area (Å²) in [6.07, 6.45) is 7.59. The zero-order chi connectivity index (χ0) is 19.6. The van der Waals surface area contributed by atoms with E-state index in [-0.39, 0.29) is 0 Å². The summed E-state index contributed by atoms with van der Waals surface area (Å²) in [6, 6.07) is 13.5. The Hall–Kier alpha value is -2.47. The van der Waals surface area contributed by atoms with Crippen molar-refractivity contribution in [3.05, 3.63) is 42.5 Å². The monoisotopic (exact) mass is 397 g/mol. The van der Waals surface area contributed by atoms with Crippen LogP contribution >= 0.6 is 11.3 Å². The van der Waals surface area contributed by atoms with Gasteiger partial charge in [-0.2, -0.15) is 0 Å². The lowest BCUT2D eigenvalue weighted by molar-refractivity contribution is 0.304. The van der Waals surface area contributed by atoms with E-state index in [1.807, 2.05) is 42.5 Å². The lowest BCUT2D eigenvalue weighted by Gasteiger charge is -2.06. The lowest BCUT2D eigenvalue weighted by Crippen LogP contribution is -1.96. The number of azo groups is 1.